The highest BCUT2D eigenvalue weighted by Crippen LogP contribution is 2.28. The van der Waals surface area contributed by atoms with Crippen LogP contribution in [0.2, 0.25) is 0 Å². The lowest BCUT2D eigenvalue weighted by atomic mass is 9.95. The number of hydrogen-bond acceptors (Lipinski definition) is 0. The fourth-order valence-electron chi connectivity index (χ4n) is 1.36. The average molecular weight is 201 g/mol. The van der Waals surface area contributed by atoms with Crippen molar-refractivity contribution in [2.24, 2.45) is 0 Å². The molecule has 0 N–H and O–H groups in total. The summed E-state index contributed by atoms with van der Waals surface area (Å²) in [5, 5.41) is 0. The number of hydrogen-bond donors (Lipinski definition) is 0. The van der Waals surface area contributed by atoms with Crippen molar-refractivity contribution >= 4 is 15.9 Å². The van der Waals surface area contributed by atoms with Crippen molar-refractivity contribution < 1.29 is 0 Å². The number of halogens is 1. The third-order valence-corrected chi connectivity index (χ3v) is 2.86. The molecule has 0 aromatic rings. The van der Waals surface area contributed by atoms with E-state index in [1.54, 1.807) is 5.57 Å². The largest absolute Gasteiger partial charge is 0.0979 e. The molecule has 56 valence electrons. The molecule has 0 unspecified atom stereocenters. The van der Waals surface area contributed by atoms with Crippen LogP contribution in [0, 0.1) is 0 Å². The summed E-state index contributed by atoms with van der Waals surface area (Å²) < 4.78 is 1.23. The summed E-state index contributed by atoms with van der Waals surface area (Å²) in [6.45, 7) is 3.73. The second-order valence-electron chi connectivity index (χ2n) is 2.72. The Morgan fingerprint density at radius 1 is 1.30 bits per heavy atom. The van der Waals surface area contributed by atoms with Crippen LogP contribution in [0.4, 0.5) is 0 Å². The summed E-state index contributed by atoms with van der Waals surface area (Å²) in [5.41, 5.74) is 1.56. The van der Waals surface area contributed by atoms with E-state index in [-0.39, 0.29) is 0 Å². The molecule has 1 aliphatic rings. The highest BCUT2D eigenvalue weighted by atomic mass is 79.9. The Kier molecular flexibility index (Phi) is 3.20. The van der Waals surface area contributed by atoms with Crippen LogP contribution in [0.1, 0.15) is 32.1 Å². The van der Waals surface area contributed by atoms with Gasteiger partial charge in [-0.2, -0.15) is 0 Å². The standard InChI is InChI=1S/C9H13Br/c1-2-9(10)8-6-4-3-5-7-8/h2H,1,3-7H2. The van der Waals surface area contributed by atoms with Gasteiger partial charge in [0.15, 0.2) is 0 Å². The third kappa shape index (κ3) is 1.98. The summed E-state index contributed by atoms with van der Waals surface area (Å²) in [7, 11) is 0. The zero-order valence-electron chi connectivity index (χ0n) is 6.20. The molecule has 0 aliphatic heterocycles. The lowest BCUT2D eigenvalue weighted by molar-refractivity contribution is 0.598. The van der Waals surface area contributed by atoms with Crippen molar-refractivity contribution in [1.29, 1.82) is 0 Å². The fraction of sp³-hybridized carbons (Fsp3) is 0.556. The molecule has 0 bridgehead atoms. The molecule has 0 atom stereocenters. The lowest BCUT2D eigenvalue weighted by Crippen LogP contribution is -1.94. The molecule has 1 saturated carbocycles. The van der Waals surface area contributed by atoms with Gasteiger partial charge >= 0.3 is 0 Å². The molecule has 0 heterocycles. The smallest absolute Gasteiger partial charge is 0.0161 e. The van der Waals surface area contributed by atoms with Crippen LogP contribution in [-0.2, 0) is 0 Å². The van der Waals surface area contributed by atoms with Crippen molar-refractivity contribution in [3.63, 3.8) is 0 Å². The second kappa shape index (κ2) is 3.97. The summed E-state index contributed by atoms with van der Waals surface area (Å²) in [6.07, 6.45) is 8.57. The molecule has 0 nitrogen and oxygen atoms in total. The Bertz CT molecular complexity index is 148. The molecule has 0 amide bonds. The molecular formula is C9H13Br. The van der Waals surface area contributed by atoms with Crippen molar-refractivity contribution in [3.05, 3.63) is 22.7 Å². The van der Waals surface area contributed by atoms with Crippen LogP contribution in [-0.4, -0.2) is 0 Å². The van der Waals surface area contributed by atoms with Gasteiger partial charge in [-0.25, -0.2) is 0 Å². The van der Waals surface area contributed by atoms with E-state index < -0.39 is 0 Å². The number of rotatable bonds is 1. The predicted molar refractivity (Wildman–Crippen MR) is 49.2 cm³/mol. The van der Waals surface area contributed by atoms with Gasteiger partial charge in [-0.1, -0.05) is 40.6 Å². The van der Waals surface area contributed by atoms with Crippen LogP contribution < -0.4 is 0 Å². The van der Waals surface area contributed by atoms with Crippen LogP contribution in [0.15, 0.2) is 22.7 Å². The monoisotopic (exact) mass is 200 g/mol. The van der Waals surface area contributed by atoms with Crippen LogP contribution in [0.5, 0.6) is 0 Å². The first-order valence-corrected chi connectivity index (χ1v) is 4.64. The first-order chi connectivity index (χ1) is 4.84. The van der Waals surface area contributed by atoms with E-state index in [9.17, 15) is 0 Å². The molecule has 0 aromatic carbocycles. The van der Waals surface area contributed by atoms with E-state index in [2.05, 4.69) is 22.5 Å². The minimum atomic E-state index is 1.23. The zero-order valence-corrected chi connectivity index (χ0v) is 7.78. The van der Waals surface area contributed by atoms with Gasteiger partial charge in [0.2, 0.25) is 0 Å². The third-order valence-electron chi connectivity index (χ3n) is 1.97. The Labute approximate surface area is 71.1 Å². The summed E-state index contributed by atoms with van der Waals surface area (Å²) in [4.78, 5) is 0. The first-order valence-electron chi connectivity index (χ1n) is 3.84. The molecule has 1 heteroatoms. The Hall–Kier alpha value is -0.0400. The van der Waals surface area contributed by atoms with Gasteiger partial charge in [0.1, 0.15) is 0 Å². The molecule has 1 fully saturated rings. The van der Waals surface area contributed by atoms with Crippen molar-refractivity contribution in [3.8, 4) is 0 Å². The molecule has 10 heavy (non-hydrogen) atoms. The minimum Gasteiger partial charge on any atom is -0.0979 e. The molecular weight excluding hydrogens is 188 g/mol. The second-order valence-corrected chi connectivity index (χ2v) is 3.57. The van der Waals surface area contributed by atoms with Crippen molar-refractivity contribution in [1.82, 2.24) is 0 Å². The van der Waals surface area contributed by atoms with E-state index in [1.165, 1.54) is 36.6 Å². The highest BCUT2D eigenvalue weighted by molar-refractivity contribution is 9.11. The van der Waals surface area contributed by atoms with Crippen LogP contribution in [0.25, 0.3) is 0 Å². The molecule has 0 saturated heterocycles. The maximum Gasteiger partial charge on any atom is 0.0161 e. The van der Waals surface area contributed by atoms with Crippen molar-refractivity contribution in [2.45, 2.75) is 32.1 Å². The molecule has 1 rings (SSSR count). The molecule has 0 aromatic heterocycles. The fourth-order valence-corrected chi connectivity index (χ4v) is 1.76. The molecule has 0 spiro atoms. The zero-order chi connectivity index (χ0) is 7.40. The SMILES string of the molecule is C=CC(Br)=C1CCCCC1. The Morgan fingerprint density at radius 2 is 1.90 bits per heavy atom. The Morgan fingerprint density at radius 3 is 2.40 bits per heavy atom. The van der Waals surface area contributed by atoms with Gasteiger partial charge in [-0.05, 0) is 25.7 Å². The van der Waals surface area contributed by atoms with Crippen LogP contribution in [0.3, 0.4) is 0 Å². The Balaban J connectivity index is 2.59. The minimum absolute atomic E-state index is 1.23. The predicted octanol–water partition coefficient (Wildman–Crippen LogP) is 3.79. The molecule has 1 aliphatic carbocycles. The van der Waals surface area contributed by atoms with E-state index in [1.807, 2.05) is 6.08 Å². The summed E-state index contributed by atoms with van der Waals surface area (Å²) in [5.74, 6) is 0. The van der Waals surface area contributed by atoms with E-state index in [0.29, 0.717) is 0 Å². The normalized spacial score (nSPS) is 18.7. The lowest BCUT2D eigenvalue weighted by Gasteiger charge is -2.14. The first kappa shape index (κ1) is 8.06. The van der Waals surface area contributed by atoms with Gasteiger partial charge in [-0.3, -0.25) is 0 Å². The summed E-state index contributed by atoms with van der Waals surface area (Å²) in [6, 6.07) is 0. The maximum atomic E-state index is 3.73. The average Bonchev–Trinajstić information content (AvgIpc) is 2.05. The van der Waals surface area contributed by atoms with Gasteiger partial charge in [0, 0.05) is 4.48 Å². The van der Waals surface area contributed by atoms with Crippen LogP contribution >= 0.6 is 15.9 Å². The topological polar surface area (TPSA) is 0 Å². The highest BCUT2D eigenvalue weighted by Gasteiger charge is 2.06. The van der Waals surface area contributed by atoms with Gasteiger partial charge in [-0.15, -0.1) is 0 Å². The molecule has 0 radical (unpaired) electrons. The van der Waals surface area contributed by atoms with E-state index >= 15 is 0 Å². The maximum absolute atomic E-state index is 3.73. The van der Waals surface area contributed by atoms with E-state index in [4.69, 9.17) is 0 Å². The van der Waals surface area contributed by atoms with Gasteiger partial charge in [0.05, 0.1) is 0 Å². The van der Waals surface area contributed by atoms with Gasteiger partial charge < -0.3 is 0 Å². The number of allylic oxidation sites excluding steroid dienone is 3. The van der Waals surface area contributed by atoms with E-state index in [0.717, 1.165) is 0 Å². The van der Waals surface area contributed by atoms with Gasteiger partial charge in [0.25, 0.3) is 0 Å². The summed E-state index contributed by atoms with van der Waals surface area (Å²) >= 11 is 3.50. The van der Waals surface area contributed by atoms with Crippen molar-refractivity contribution in [2.75, 3.05) is 0 Å². The quantitative estimate of drug-likeness (QED) is 0.605.